The lowest BCUT2D eigenvalue weighted by molar-refractivity contribution is 0.0932. The molecule has 1 unspecified atom stereocenters. The van der Waals surface area contributed by atoms with Crippen LogP contribution >= 0.6 is 0 Å². The summed E-state index contributed by atoms with van der Waals surface area (Å²) in [4.78, 5) is 11.6. The molecule has 0 saturated heterocycles. The minimum atomic E-state index is -0.161. The van der Waals surface area contributed by atoms with Gasteiger partial charge in [0.05, 0.1) is 6.20 Å². The highest BCUT2D eigenvalue weighted by atomic mass is 16.2. The highest BCUT2D eigenvalue weighted by Gasteiger charge is 2.11. The van der Waals surface area contributed by atoms with Crippen LogP contribution < -0.4 is 5.32 Å². The molecular weight excluding hydrogens is 204 g/mol. The first kappa shape index (κ1) is 12.7. The van der Waals surface area contributed by atoms with Gasteiger partial charge in [-0.05, 0) is 19.3 Å². The number of H-pyrrole nitrogens is 1. The Bertz CT molecular complexity index is 308. The Kier molecular flexibility index (Phi) is 4.95. The number of hydrogen-bond donors (Lipinski definition) is 2. The molecule has 0 fully saturated rings. The molecule has 0 radical (unpaired) electrons. The van der Waals surface area contributed by atoms with E-state index in [1.54, 1.807) is 0 Å². The van der Waals surface area contributed by atoms with Crippen LogP contribution in [0.2, 0.25) is 0 Å². The lowest BCUT2D eigenvalue weighted by Gasteiger charge is -2.13. The molecule has 0 saturated carbocycles. The van der Waals surface area contributed by atoms with E-state index >= 15 is 0 Å². The fourth-order valence-corrected chi connectivity index (χ4v) is 1.51. The second-order valence-corrected chi connectivity index (χ2v) is 4.55. The van der Waals surface area contributed by atoms with Crippen molar-refractivity contribution in [2.45, 2.75) is 46.1 Å². The first-order chi connectivity index (χ1) is 7.59. The topological polar surface area (TPSA) is 70.7 Å². The molecule has 0 aromatic carbocycles. The minimum absolute atomic E-state index is 0.161. The van der Waals surface area contributed by atoms with Crippen LogP contribution in [0.5, 0.6) is 0 Å². The third-order valence-corrected chi connectivity index (χ3v) is 2.44. The van der Waals surface area contributed by atoms with Crippen LogP contribution in [-0.2, 0) is 0 Å². The lowest BCUT2D eigenvalue weighted by atomic mass is 10.0. The van der Waals surface area contributed by atoms with Gasteiger partial charge in [0, 0.05) is 6.04 Å². The summed E-state index contributed by atoms with van der Waals surface area (Å²) in [6, 6.07) is 0.183. The molecule has 2 N–H and O–H groups in total. The van der Waals surface area contributed by atoms with Crippen LogP contribution in [0.15, 0.2) is 6.20 Å². The smallest absolute Gasteiger partial charge is 0.273 e. The number of amides is 1. The molecule has 1 amide bonds. The Hall–Kier alpha value is -1.39. The normalized spacial score (nSPS) is 12.8. The van der Waals surface area contributed by atoms with Gasteiger partial charge in [0.1, 0.15) is 0 Å². The standard InChI is InChI=1S/C11H20N4O/c1-8(2)5-4-6-9(3)13-11(16)10-7-12-15-14-10/h7-9H,4-6H2,1-3H3,(H,13,16)(H,12,14,15). The van der Waals surface area contributed by atoms with E-state index in [1.807, 2.05) is 6.92 Å². The largest absolute Gasteiger partial charge is 0.348 e. The van der Waals surface area contributed by atoms with Gasteiger partial charge in [0.25, 0.3) is 5.91 Å². The van der Waals surface area contributed by atoms with Crippen molar-refractivity contribution in [3.63, 3.8) is 0 Å². The molecule has 1 aromatic rings. The molecule has 0 aliphatic rings. The Balaban J connectivity index is 2.24. The van der Waals surface area contributed by atoms with Gasteiger partial charge < -0.3 is 5.32 Å². The molecule has 5 heteroatoms. The van der Waals surface area contributed by atoms with Crippen LogP contribution in [0.1, 0.15) is 50.5 Å². The number of nitrogens with zero attached hydrogens (tertiary/aromatic N) is 2. The maximum atomic E-state index is 11.6. The van der Waals surface area contributed by atoms with Crippen LogP contribution in [0.4, 0.5) is 0 Å². The summed E-state index contributed by atoms with van der Waals surface area (Å²) in [5.74, 6) is 0.559. The quantitative estimate of drug-likeness (QED) is 0.773. The lowest BCUT2D eigenvalue weighted by Crippen LogP contribution is -2.32. The molecule has 1 heterocycles. The van der Waals surface area contributed by atoms with E-state index in [2.05, 4.69) is 34.6 Å². The van der Waals surface area contributed by atoms with Crippen LogP contribution in [0.25, 0.3) is 0 Å². The highest BCUT2D eigenvalue weighted by Crippen LogP contribution is 2.08. The Morgan fingerprint density at radius 2 is 2.19 bits per heavy atom. The van der Waals surface area contributed by atoms with E-state index in [0.29, 0.717) is 5.69 Å². The molecule has 5 nitrogen and oxygen atoms in total. The van der Waals surface area contributed by atoms with Crippen molar-refractivity contribution in [2.75, 3.05) is 0 Å². The number of hydrogen-bond acceptors (Lipinski definition) is 3. The number of aromatic amines is 1. The van der Waals surface area contributed by atoms with E-state index in [1.165, 1.54) is 12.6 Å². The molecule has 0 spiro atoms. The zero-order chi connectivity index (χ0) is 12.0. The molecule has 90 valence electrons. The molecule has 0 aliphatic heterocycles. The van der Waals surface area contributed by atoms with E-state index in [9.17, 15) is 4.79 Å². The number of carbonyl (C=O) groups is 1. The van der Waals surface area contributed by atoms with Crippen LogP contribution in [0.3, 0.4) is 0 Å². The summed E-state index contributed by atoms with van der Waals surface area (Å²) >= 11 is 0. The fraction of sp³-hybridized carbons (Fsp3) is 0.727. The van der Waals surface area contributed by atoms with Gasteiger partial charge in [0.2, 0.25) is 0 Å². The van der Waals surface area contributed by atoms with Crippen LogP contribution in [0, 0.1) is 5.92 Å². The second-order valence-electron chi connectivity index (χ2n) is 4.55. The van der Waals surface area contributed by atoms with Gasteiger partial charge in [-0.1, -0.05) is 26.7 Å². The van der Waals surface area contributed by atoms with Crippen molar-refractivity contribution in [3.05, 3.63) is 11.9 Å². The van der Waals surface area contributed by atoms with Crippen molar-refractivity contribution in [1.82, 2.24) is 20.7 Å². The summed E-state index contributed by atoms with van der Waals surface area (Å²) in [7, 11) is 0. The molecule has 1 aromatic heterocycles. The minimum Gasteiger partial charge on any atom is -0.348 e. The number of rotatable bonds is 6. The third kappa shape index (κ3) is 4.42. The average Bonchev–Trinajstić information content (AvgIpc) is 2.69. The number of carbonyl (C=O) groups excluding carboxylic acids is 1. The van der Waals surface area contributed by atoms with Crippen molar-refractivity contribution >= 4 is 5.91 Å². The number of aromatic nitrogens is 3. The monoisotopic (exact) mass is 224 g/mol. The molecule has 16 heavy (non-hydrogen) atoms. The predicted molar refractivity (Wildman–Crippen MR) is 62.0 cm³/mol. The first-order valence-electron chi connectivity index (χ1n) is 5.76. The molecular formula is C11H20N4O. The molecule has 0 bridgehead atoms. The van der Waals surface area contributed by atoms with Crippen molar-refractivity contribution in [2.24, 2.45) is 5.92 Å². The summed E-state index contributed by atoms with van der Waals surface area (Å²) in [6.07, 6.45) is 4.76. The number of nitrogens with one attached hydrogen (secondary N) is 2. The summed E-state index contributed by atoms with van der Waals surface area (Å²) in [6.45, 7) is 6.43. The van der Waals surface area contributed by atoms with Gasteiger partial charge in [-0.3, -0.25) is 4.79 Å². The van der Waals surface area contributed by atoms with Crippen molar-refractivity contribution in [3.8, 4) is 0 Å². The Morgan fingerprint density at radius 1 is 1.44 bits per heavy atom. The van der Waals surface area contributed by atoms with E-state index < -0.39 is 0 Å². The van der Waals surface area contributed by atoms with Crippen molar-refractivity contribution in [1.29, 1.82) is 0 Å². The van der Waals surface area contributed by atoms with Gasteiger partial charge in [-0.2, -0.15) is 15.4 Å². The summed E-state index contributed by atoms with van der Waals surface area (Å²) < 4.78 is 0. The third-order valence-electron chi connectivity index (χ3n) is 2.44. The van der Waals surface area contributed by atoms with Gasteiger partial charge >= 0.3 is 0 Å². The van der Waals surface area contributed by atoms with Gasteiger partial charge in [0.15, 0.2) is 5.69 Å². The summed E-state index contributed by atoms with van der Waals surface area (Å²) in [5, 5.41) is 12.6. The van der Waals surface area contributed by atoms with E-state index in [-0.39, 0.29) is 11.9 Å². The zero-order valence-electron chi connectivity index (χ0n) is 10.2. The van der Waals surface area contributed by atoms with Crippen LogP contribution in [-0.4, -0.2) is 27.4 Å². The van der Waals surface area contributed by atoms with Gasteiger partial charge in [-0.25, -0.2) is 0 Å². The van der Waals surface area contributed by atoms with Gasteiger partial charge in [-0.15, -0.1) is 0 Å². The SMILES string of the molecule is CC(C)CCCC(C)NC(=O)c1cn[nH]n1. The van der Waals surface area contributed by atoms with E-state index in [4.69, 9.17) is 0 Å². The summed E-state index contributed by atoms with van der Waals surface area (Å²) in [5.41, 5.74) is 0.343. The molecule has 1 rings (SSSR count). The average molecular weight is 224 g/mol. The maximum absolute atomic E-state index is 11.6. The second kappa shape index (κ2) is 6.25. The molecule has 0 aliphatic carbocycles. The zero-order valence-corrected chi connectivity index (χ0v) is 10.2. The highest BCUT2D eigenvalue weighted by molar-refractivity contribution is 5.91. The fourth-order valence-electron chi connectivity index (χ4n) is 1.51. The maximum Gasteiger partial charge on any atom is 0.273 e. The Labute approximate surface area is 96.0 Å². The Morgan fingerprint density at radius 3 is 2.75 bits per heavy atom. The predicted octanol–water partition coefficient (Wildman–Crippen LogP) is 1.75. The van der Waals surface area contributed by atoms with Crippen molar-refractivity contribution < 1.29 is 4.79 Å². The van der Waals surface area contributed by atoms with E-state index in [0.717, 1.165) is 18.8 Å². The molecule has 1 atom stereocenters. The first-order valence-corrected chi connectivity index (χ1v) is 5.76.